The number of hydrogen-bond donors (Lipinski definition) is 0. The number of ether oxygens (including phenoxy) is 1. The molecule has 1 aromatic carbocycles. The standard InChI is InChI=1S/C20H25N3O3/c1-3-18(20(25)26-2)23-19(24)12-11-17(21-23)15-7-9-16(10-8-15)22-13-5-4-6-14-22/h7-12,18H,3-6,13-14H2,1-2H3/t18-/m1/s1. The van der Waals surface area contributed by atoms with Crippen molar-refractivity contribution >= 4 is 11.7 Å². The quantitative estimate of drug-likeness (QED) is 0.772. The lowest BCUT2D eigenvalue weighted by atomic mass is 10.1. The third kappa shape index (κ3) is 3.79. The van der Waals surface area contributed by atoms with E-state index < -0.39 is 12.0 Å². The molecule has 0 spiro atoms. The van der Waals surface area contributed by atoms with Crippen LogP contribution < -0.4 is 10.5 Å². The van der Waals surface area contributed by atoms with Crippen LogP contribution in [0.15, 0.2) is 41.2 Å². The summed E-state index contributed by atoms with van der Waals surface area (Å²) in [7, 11) is 1.32. The molecule has 1 aliphatic heterocycles. The number of carbonyl (C=O) groups excluding carboxylic acids is 1. The van der Waals surface area contributed by atoms with Gasteiger partial charge in [-0.25, -0.2) is 9.48 Å². The molecule has 2 heterocycles. The van der Waals surface area contributed by atoms with E-state index in [2.05, 4.69) is 22.1 Å². The molecule has 26 heavy (non-hydrogen) atoms. The predicted octanol–water partition coefficient (Wildman–Crippen LogP) is 3.02. The molecule has 138 valence electrons. The minimum Gasteiger partial charge on any atom is -0.467 e. The van der Waals surface area contributed by atoms with E-state index in [0.717, 1.165) is 18.7 Å². The molecule has 0 unspecified atom stereocenters. The fourth-order valence-electron chi connectivity index (χ4n) is 3.37. The summed E-state index contributed by atoms with van der Waals surface area (Å²) in [5, 5.41) is 4.41. The first-order valence-corrected chi connectivity index (χ1v) is 9.17. The summed E-state index contributed by atoms with van der Waals surface area (Å²) in [6.07, 6.45) is 4.22. The van der Waals surface area contributed by atoms with Gasteiger partial charge in [0.2, 0.25) is 0 Å². The van der Waals surface area contributed by atoms with Gasteiger partial charge >= 0.3 is 5.97 Å². The maximum absolute atomic E-state index is 12.2. The third-order valence-corrected chi connectivity index (χ3v) is 4.86. The number of anilines is 1. The van der Waals surface area contributed by atoms with Crippen LogP contribution in [0.2, 0.25) is 0 Å². The lowest BCUT2D eigenvalue weighted by Crippen LogP contribution is -2.32. The van der Waals surface area contributed by atoms with E-state index in [1.807, 2.05) is 19.1 Å². The van der Waals surface area contributed by atoms with E-state index in [1.165, 1.54) is 42.8 Å². The highest BCUT2D eigenvalue weighted by Crippen LogP contribution is 2.24. The Morgan fingerprint density at radius 3 is 2.42 bits per heavy atom. The van der Waals surface area contributed by atoms with E-state index in [9.17, 15) is 9.59 Å². The maximum Gasteiger partial charge on any atom is 0.330 e. The van der Waals surface area contributed by atoms with Crippen molar-refractivity contribution in [3.63, 3.8) is 0 Å². The Morgan fingerprint density at radius 1 is 1.12 bits per heavy atom. The van der Waals surface area contributed by atoms with E-state index in [1.54, 1.807) is 6.07 Å². The Bertz CT molecular complexity index is 808. The zero-order valence-corrected chi connectivity index (χ0v) is 15.4. The monoisotopic (exact) mass is 355 g/mol. The molecule has 6 nitrogen and oxygen atoms in total. The Morgan fingerprint density at radius 2 is 1.81 bits per heavy atom. The molecule has 6 heteroatoms. The highest BCUT2D eigenvalue weighted by Gasteiger charge is 2.22. The normalized spacial score (nSPS) is 15.5. The van der Waals surface area contributed by atoms with Gasteiger partial charge in [0.25, 0.3) is 5.56 Å². The number of esters is 1. The average molecular weight is 355 g/mol. The average Bonchev–Trinajstić information content (AvgIpc) is 2.70. The summed E-state index contributed by atoms with van der Waals surface area (Å²) >= 11 is 0. The van der Waals surface area contributed by atoms with Crippen LogP contribution in [0.5, 0.6) is 0 Å². The molecule has 0 aliphatic carbocycles. The molecule has 0 amide bonds. The molecule has 1 atom stereocenters. The van der Waals surface area contributed by atoms with E-state index >= 15 is 0 Å². The summed E-state index contributed by atoms with van der Waals surface area (Å²) in [4.78, 5) is 26.5. The van der Waals surface area contributed by atoms with Gasteiger partial charge in [-0.15, -0.1) is 0 Å². The van der Waals surface area contributed by atoms with Gasteiger partial charge in [0, 0.05) is 30.4 Å². The van der Waals surface area contributed by atoms with Crippen molar-refractivity contribution < 1.29 is 9.53 Å². The van der Waals surface area contributed by atoms with Crippen LogP contribution in [0.25, 0.3) is 11.3 Å². The van der Waals surface area contributed by atoms with Gasteiger partial charge in [0.05, 0.1) is 12.8 Å². The number of methoxy groups -OCH3 is 1. The van der Waals surface area contributed by atoms with Gasteiger partial charge in [-0.05, 0) is 43.9 Å². The molecule has 1 fully saturated rings. The molecular formula is C20H25N3O3. The van der Waals surface area contributed by atoms with Crippen molar-refractivity contribution in [3.8, 4) is 11.3 Å². The van der Waals surface area contributed by atoms with E-state index in [4.69, 9.17) is 4.74 Å². The summed E-state index contributed by atoms with van der Waals surface area (Å²) in [5.74, 6) is -0.459. The van der Waals surface area contributed by atoms with E-state index in [0.29, 0.717) is 12.1 Å². The smallest absolute Gasteiger partial charge is 0.330 e. The minimum atomic E-state index is -0.708. The predicted molar refractivity (Wildman–Crippen MR) is 101 cm³/mol. The van der Waals surface area contributed by atoms with Gasteiger partial charge in [0.1, 0.15) is 0 Å². The van der Waals surface area contributed by atoms with Crippen LogP contribution >= 0.6 is 0 Å². The van der Waals surface area contributed by atoms with Crippen LogP contribution in [0.1, 0.15) is 38.6 Å². The number of benzene rings is 1. The minimum absolute atomic E-state index is 0.309. The maximum atomic E-state index is 12.2. The van der Waals surface area contributed by atoms with Crippen LogP contribution in [-0.4, -0.2) is 35.9 Å². The number of piperidine rings is 1. The summed E-state index contributed by atoms with van der Waals surface area (Å²) in [6.45, 7) is 4.02. The third-order valence-electron chi connectivity index (χ3n) is 4.86. The van der Waals surface area contributed by atoms with Gasteiger partial charge in [-0.2, -0.15) is 5.10 Å². The Labute approximate surface area is 153 Å². The number of hydrogen-bond acceptors (Lipinski definition) is 5. The SMILES string of the molecule is CC[C@H](C(=O)OC)n1nc(-c2ccc(N3CCCCC3)cc2)ccc1=O. The van der Waals surface area contributed by atoms with Crippen LogP contribution in [0.4, 0.5) is 5.69 Å². The molecule has 1 aromatic heterocycles. The zero-order chi connectivity index (χ0) is 18.5. The van der Waals surface area contributed by atoms with Crippen LogP contribution in [0, 0.1) is 0 Å². The molecular weight excluding hydrogens is 330 g/mol. The first kappa shape index (κ1) is 18.2. The van der Waals surface area contributed by atoms with Crippen molar-refractivity contribution in [2.24, 2.45) is 0 Å². The number of nitrogens with zero attached hydrogens (tertiary/aromatic N) is 3. The molecule has 1 aliphatic rings. The lowest BCUT2D eigenvalue weighted by Gasteiger charge is -2.28. The van der Waals surface area contributed by atoms with E-state index in [-0.39, 0.29) is 5.56 Å². The summed E-state index contributed by atoms with van der Waals surface area (Å²) in [5.41, 5.74) is 2.48. The Hall–Kier alpha value is -2.63. The zero-order valence-electron chi connectivity index (χ0n) is 15.4. The van der Waals surface area contributed by atoms with Crippen molar-refractivity contribution in [1.29, 1.82) is 0 Å². The summed E-state index contributed by atoms with van der Waals surface area (Å²) < 4.78 is 6.02. The first-order chi connectivity index (χ1) is 12.6. The molecule has 2 aromatic rings. The molecule has 0 saturated carbocycles. The van der Waals surface area contributed by atoms with Crippen molar-refractivity contribution in [3.05, 3.63) is 46.8 Å². The molecule has 0 N–H and O–H groups in total. The first-order valence-electron chi connectivity index (χ1n) is 9.17. The second kappa shape index (κ2) is 8.17. The molecule has 0 bridgehead atoms. The highest BCUT2D eigenvalue weighted by atomic mass is 16.5. The fraction of sp³-hybridized carbons (Fsp3) is 0.450. The van der Waals surface area contributed by atoms with Gasteiger partial charge < -0.3 is 9.64 Å². The lowest BCUT2D eigenvalue weighted by molar-refractivity contribution is -0.145. The largest absolute Gasteiger partial charge is 0.467 e. The topological polar surface area (TPSA) is 64.4 Å². The number of rotatable bonds is 5. The fourth-order valence-corrected chi connectivity index (χ4v) is 3.37. The Kier molecular flexibility index (Phi) is 5.71. The van der Waals surface area contributed by atoms with Crippen LogP contribution in [0.3, 0.4) is 0 Å². The molecule has 0 radical (unpaired) electrons. The van der Waals surface area contributed by atoms with Crippen molar-refractivity contribution in [2.75, 3.05) is 25.1 Å². The highest BCUT2D eigenvalue weighted by molar-refractivity contribution is 5.74. The van der Waals surface area contributed by atoms with Crippen LogP contribution in [-0.2, 0) is 9.53 Å². The Balaban J connectivity index is 1.88. The van der Waals surface area contributed by atoms with Gasteiger partial charge in [-0.1, -0.05) is 19.1 Å². The molecule has 1 saturated heterocycles. The van der Waals surface area contributed by atoms with Crippen molar-refractivity contribution in [1.82, 2.24) is 9.78 Å². The van der Waals surface area contributed by atoms with Gasteiger partial charge in [-0.3, -0.25) is 4.79 Å². The molecule has 3 rings (SSSR count). The second-order valence-electron chi connectivity index (χ2n) is 6.54. The van der Waals surface area contributed by atoms with Gasteiger partial charge in [0.15, 0.2) is 6.04 Å². The van der Waals surface area contributed by atoms with Crippen molar-refractivity contribution in [2.45, 2.75) is 38.6 Å². The second-order valence-corrected chi connectivity index (χ2v) is 6.54. The number of aromatic nitrogens is 2. The summed E-state index contributed by atoms with van der Waals surface area (Å²) in [6, 6.07) is 10.6. The number of carbonyl (C=O) groups is 1.